The molecule has 1 N–H and O–H groups in total. The summed E-state index contributed by atoms with van der Waals surface area (Å²) in [5.41, 5.74) is -1.59. The standard InChI is InChI=1S/C11H7Cl2F3O2/c12-11(13)9(10(11,3-17)4-18)5-1-6(14)8(16)7(15)2-5/h1-3,9,18H,4H2. The van der Waals surface area contributed by atoms with E-state index in [4.69, 9.17) is 28.3 Å². The SMILES string of the molecule is O=CC1(CO)C(c2cc(F)c(F)c(F)c2)C1(Cl)Cl. The predicted molar refractivity (Wildman–Crippen MR) is 59.1 cm³/mol. The molecule has 1 aromatic rings. The summed E-state index contributed by atoms with van der Waals surface area (Å²) in [7, 11) is 0. The highest BCUT2D eigenvalue weighted by Gasteiger charge is 2.76. The van der Waals surface area contributed by atoms with Crippen LogP contribution >= 0.6 is 23.2 Å². The Morgan fingerprint density at radius 3 is 2.11 bits per heavy atom. The van der Waals surface area contributed by atoms with E-state index in [-0.39, 0.29) is 5.56 Å². The average molecular weight is 299 g/mol. The number of alkyl halides is 2. The van der Waals surface area contributed by atoms with Crippen LogP contribution in [0.2, 0.25) is 0 Å². The molecule has 1 fully saturated rings. The molecule has 1 aliphatic rings. The van der Waals surface area contributed by atoms with Crippen molar-refractivity contribution in [3.8, 4) is 0 Å². The molecule has 18 heavy (non-hydrogen) atoms. The van der Waals surface area contributed by atoms with Gasteiger partial charge in [0.15, 0.2) is 17.5 Å². The van der Waals surface area contributed by atoms with Crippen LogP contribution in [0.15, 0.2) is 12.1 Å². The molecule has 0 radical (unpaired) electrons. The highest BCUT2D eigenvalue weighted by molar-refractivity contribution is 6.54. The number of aliphatic hydroxyl groups is 1. The first-order valence-corrected chi connectivity index (χ1v) is 5.67. The summed E-state index contributed by atoms with van der Waals surface area (Å²) in [6.45, 7) is -0.672. The molecule has 2 nitrogen and oxygen atoms in total. The Bertz CT molecular complexity index is 498. The Hall–Kier alpha value is -0.780. The molecule has 0 aliphatic heterocycles. The van der Waals surface area contributed by atoms with Crippen molar-refractivity contribution in [2.45, 2.75) is 10.3 Å². The van der Waals surface area contributed by atoms with Crippen LogP contribution in [0.1, 0.15) is 11.5 Å². The van der Waals surface area contributed by atoms with E-state index in [9.17, 15) is 18.0 Å². The van der Waals surface area contributed by atoms with E-state index in [0.29, 0.717) is 18.4 Å². The zero-order chi connectivity index (χ0) is 13.7. The number of hydrogen-bond acceptors (Lipinski definition) is 2. The summed E-state index contributed by atoms with van der Waals surface area (Å²) < 4.78 is 37.3. The molecular formula is C11H7Cl2F3O2. The molecule has 0 spiro atoms. The maximum Gasteiger partial charge on any atom is 0.194 e. The third-order valence-corrected chi connectivity index (χ3v) is 4.37. The summed E-state index contributed by atoms with van der Waals surface area (Å²) in [5, 5.41) is 9.16. The number of aliphatic hydroxyl groups excluding tert-OH is 1. The molecule has 2 unspecified atom stereocenters. The van der Waals surface area contributed by atoms with Gasteiger partial charge in [-0.1, -0.05) is 23.2 Å². The van der Waals surface area contributed by atoms with Crippen molar-refractivity contribution >= 4 is 29.5 Å². The van der Waals surface area contributed by atoms with E-state index in [1.54, 1.807) is 0 Å². The van der Waals surface area contributed by atoms with Crippen LogP contribution in [0.25, 0.3) is 0 Å². The summed E-state index contributed by atoms with van der Waals surface area (Å²) >= 11 is 11.7. The first-order valence-electron chi connectivity index (χ1n) is 4.91. The lowest BCUT2D eigenvalue weighted by Crippen LogP contribution is -2.16. The number of benzene rings is 1. The van der Waals surface area contributed by atoms with Crippen molar-refractivity contribution in [1.82, 2.24) is 0 Å². The van der Waals surface area contributed by atoms with Crippen LogP contribution < -0.4 is 0 Å². The van der Waals surface area contributed by atoms with E-state index in [2.05, 4.69) is 0 Å². The van der Waals surface area contributed by atoms with Crippen molar-refractivity contribution in [2.24, 2.45) is 5.41 Å². The number of hydrogen-bond donors (Lipinski definition) is 1. The molecule has 0 amide bonds. The van der Waals surface area contributed by atoms with E-state index in [1.807, 2.05) is 0 Å². The minimum atomic E-state index is -1.67. The van der Waals surface area contributed by atoms with Gasteiger partial charge in [-0.05, 0) is 17.7 Å². The number of halogens is 5. The highest BCUT2D eigenvalue weighted by Crippen LogP contribution is 2.72. The largest absolute Gasteiger partial charge is 0.395 e. The maximum absolute atomic E-state index is 13.1. The Kier molecular flexibility index (Phi) is 3.12. The highest BCUT2D eigenvalue weighted by atomic mass is 35.5. The molecule has 1 aromatic carbocycles. The maximum atomic E-state index is 13.1. The van der Waals surface area contributed by atoms with Crippen LogP contribution in [0.4, 0.5) is 13.2 Å². The first-order chi connectivity index (χ1) is 8.31. The Morgan fingerprint density at radius 1 is 1.28 bits per heavy atom. The second kappa shape index (κ2) is 4.11. The lowest BCUT2D eigenvalue weighted by atomic mass is 10.0. The van der Waals surface area contributed by atoms with Crippen LogP contribution in [-0.4, -0.2) is 22.3 Å². The van der Waals surface area contributed by atoms with Crippen molar-refractivity contribution in [2.75, 3.05) is 6.61 Å². The zero-order valence-corrected chi connectivity index (χ0v) is 10.3. The summed E-state index contributed by atoms with van der Waals surface area (Å²) in [4.78, 5) is 11.0. The molecule has 2 atom stereocenters. The minimum absolute atomic E-state index is 0.0717. The van der Waals surface area contributed by atoms with Gasteiger partial charge in [0.25, 0.3) is 0 Å². The fraction of sp³-hybridized carbons (Fsp3) is 0.364. The van der Waals surface area contributed by atoms with Gasteiger partial charge >= 0.3 is 0 Å². The monoisotopic (exact) mass is 298 g/mol. The molecular weight excluding hydrogens is 292 g/mol. The Labute approximate surface area is 110 Å². The fourth-order valence-corrected chi connectivity index (χ4v) is 3.06. The van der Waals surface area contributed by atoms with E-state index in [0.717, 1.165) is 0 Å². The molecule has 0 heterocycles. The molecule has 1 saturated carbocycles. The van der Waals surface area contributed by atoms with E-state index in [1.165, 1.54) is 0 Å². The van der Waals surface area contributed by atoms with Crippen LogP contribution in [-0.2, 0) is 4.79 Å². The lowest BCUT2D eigenvalue weighted by Gasteiger charge is -2.05. The van der Waals surface area contributed by atoms with Crippen molar-refractivity contribution < 1.29 is 23.1 Å². The smallest absolute Gasteiger partial charge is 0.194 e. The number of carbonyl (C=O) groups excluding carboxylic acids is 1. The van der Waals surface area contributed by atoms with Gasteiger partial charge in [-0.25, -0.2) is 13.2 Å². The zero-order valence-electron chi connectivity index (χ0n) is 8.76. The quantitative estimate of drug-likeness (QED) is 0.529. The Morgan fingerprint density at radius 2 is 1.78 bits per heavy atom. The number of aldehydes is 1. The van der Waals surface area contributed by atoms with Gasteiger partial charge in [0.1, 0.15) is 10.6 Å². The van der Waals surface area contributed by atoms with Gasteiger partial charge in [-0.3, -0.25) is 0 Å². The number of carbonyl (C=O) groups is 1. The third kappa shape index (κ3) is 1.57. The van der Waals surface area contributed by atoms with Gasteiger partial charge in [-0.15, -0.1) is 0 Å². The molecule has 0 saturated heterocycles. The minimum Gasteiger partial charge on any atom is -0.395 e. The summed E-state index contributed by atoms with van der Waals surface area (Å²) in [6, 6.07) is 1.42. The van der Waals surface area contributed by atoms with Gasteiger partial charge in [0, 0.05) is 5.92 Å². The van der Waals surface area contributed by atoms with Crippen LogP contribution in [0.3, 0.4) is 0 Å². The Balaban J connectivity index is 2.49. The second-order valence-electron chi connectivity index (χ2n) is 4.17. The van der Waals surface area contributed by atoms with Gasteiger partial charge in [0.05, 0.1) is 12.0 Å². The lowest BCUT2D eigenvalue weighted by molar-refractivity contribution is -0.113. The van der Waals surface area contributed by atoms with Gasteiger partial charge in [0.2, 0.25) is 0 Å². The van der Waals surface area contributed by atoms with Gasteiger partial charge in [-0.2, -0.15) is 0 Å². The molecule has 2 rings (SSSR count). The third-order valence-electron chi connectivity index (χ3n) is 3.23. The second-order valence-corrected chi connectivity index (χ2v) is 5.56. The van der Waals surface area contributed by atoms with Crippen LogP contribution in [0.5, 0.6) is 0 Å². The summed E-state index contributed by atoms with van der Waals surface area (Å²) in [5.74, 6) is -5.41. The van der Waals surface area contributed by atoms with Crippen molar-refractivity contribution in [3.63, 3.8) is 0 Å². The molecule has 0 aromatic heterocycles. The van der Waals surface area contributed by atoms with Crippen molar-refractivity contribution in [3.05, 3.63) is 35.1 Å². The molecule has 98 valence electrons. The molecule has 0 bridgehead atoms. The normalized spacial score (nSPS) is 29.1. The van der Waals surface area contributed by atoms with E-state index < -0.39 is 39.7 Å². The first kappa shape index (κ1) is 13.6. The molecule has 7 heteroatoms. The van der Waals surface area contributed by atoms with E-state index >= 15 is 0 Å². The number of rotatable bonds is 3. The topological polar surface area (TPSA) is 37.3 Å². The van der Waals surface area contributed by atoms with Gasteiger partial charge < -0.3 is 9.90 Å². The average Bonchev–Trinajstić information content (AvgIpc) is 2.82. The van der Waals surface area contributed by atoms with Crippen LogP contribution in [0, 0.1) is 22.9 Å². The predicted octanol–water partition coefficient (Wildman–Crippen LogP) is 2.55. The summed E-state index contributed by atoms with van der Waals surface area (Å²) in [6.07, 6.45) is 0.344. The van der Waals surface area contributed by atoms with Crippen molar-refractivity contribution in [1.29, 1.82) is 0 Å². The fourth-order valence-electron chi connectivity index (χ4n) is 2.11. The molecule has 1 aliphatic carbocycles.